The van der Waals surface area contributed by atoms with Crippen LogP contribution >= 0.6 is 11.6 Å². The van der Waals surface area contributed by atoms with Crippen LogP contribution in [0.3, 0.4) is 0 Å². The number of hydrogen-bond donors (Lipinski definition) is 1. The Morgan fingerprint density at radius 3 is 2.56 bits per heavy atom. The molecule has 0 saturated carbocycles. The van der Waals surface area contributed by atoms with E-state index in [2.05, 4.69) is 5.32 Å². The number of nitrogens with one attached hydrogen (secondary N) is 1. The Labute approximate surface area is 113 Å². The van der Waals surface area contributed by atoms with Crippen LogP contribution in [0.5, 0.6) is 11.5 Å². The zero-order chi connectivity index (χ0) is 13.2. The lowest BCUT2D eigenvalue weighted by Crippen LogP contribution is -2.19. The van der Waals surface area contributed by atoms with E-state index < -0.39 is 0 Å². The standard InChI is InChI=1S/C13H20ClNO3/c1-16-12-4-3-11(9-13(12)17-2)10-15-6-8-18-7-5-14/h3-4,9,15H,5-8,10H2,1-2H3. The van der Waals surface area contributed by atoms with Crippen LogP contribution in [0.25, 0.3) is 0 Å². The zero-order valence-corrected chi connectivity index (χ0v) is 11.6. The smallest absolute Gasteiger partial charge is 0.161 e. The molecule has 102 valence electrons. The number of methoxy groups -OCH3 is 2. The van der Waals surface area contributed by atoms with Crippen molar-refractivity contribution in [1.82, 2.24) is 5.32 Å². The van der Waals surface area contributed by atoms with Gasteiger partial charge in [-0.2, -0.15) is 0 Å². The Hall–Kier alpha value is -0.970. The molecule has 0 spiro atoms. The van der Waals surface area contributed by atoms with Crippen LogP contribution in [0.2, 0.25) is 0 Å². The monoisotopic (exact) mass is 273 g/mol. The van der Waals surface area contributed by atoms with Gasteiger partial charge in [-0.05, 0) is 17.7 Å². The van der Waals surface area contributed by atoms with Gasteiger partial charge in [0.2, 0.25) is 0 Å². The van der Waals surface area contributed by atoms with Crippen molar-refractivity contribution in [2.45, 2.75) is 6.54 Å². The second kappa shape index (κ2) is 9.03. The molecule has 5 heteroatoms. The van der Waals surface area contributed by atoms with Crippen molar-refractivity contribution in [3.05, 3.63) is 23.8 Å². The first-order chi connectivity index (χ1) is 8.81. The summed E-state index contributed by atoms with van der Waals surface area (Å²) < 4.78 is 15.7. The summed E-state index contributed by atoms with van der Waals surface area (Å²) in [6.07, 6.45) is 0. The minimum absolute atomic E-state index is 0.537. The SMILES string of the molecule is COc1ccc(CNCCOCCCl)cc1OC. The third-order valence-corrected chi connectivity index (χ3v) is 2.58. The highest BCUT2D eigenvalue weighted by Gasteiger charge is 2.03. The Kier molecular flexibility index (Phi) is 7.57. The molecule has 1 aromatic carbocycles. The largest absolute Gasteiger partial charge is 0.493 e. The van der Waals surface area contributed by atoms with Crippen molar-refractivity contribution in [3.63, 3.8) is 0 Å². The molecule has 18 heavy (non-hydrogen) atoms. The van der Waals surface area contributed by atoms with E-state index >= 15 is 0 Å². The number of rotatable bonds is 9. The molecule has 0 amide bonds. The molecule has 0 radical (unpaired) electrons. The molecule has 0 atom stereocenters. The zero-order valence-electron chi connectivity index (χ0n) is 10.9. The molecule has 1 N–H and O–H groups in total. The fraction of sp³-hybridized carbons (Fsp3) is 0.538. The summed E-state index contributed by atoms with van der Waals surface area (Å²) in [5.74, 6) is 2.03. The highest BCUT2D eigenvalue weighted by Crippen LogP contribution is 2.27. The molecular formula is C13H20ClNO3. The fourth-order valence-electron chi connectivity index (χ4n) is 1.52. The van der Waals surface area contributed by atoms with E-state index in [-0.39, 0.29) is 0 Å². The molecule has 0 bridgehead atoms. The van der Waals surface area contributed by atoms with Gasteiger partial charge in [0.05, 0.1) is 27.4 Å². The second-order valence-electron chi connectivity index (χ2n) is 3.67. The van der Waals surface area contributed by atoms with Gasteiger partial charge in [-0.3, -0.25) is 0 Å². The molecule has 0 aliphatic heterocycles. The van der Waals surface area contributed by atoms with Crippen molar-refractivity contribution < 1.29 is 14.2 Å². The highest BCUT2D eigenvalue weighted by molar-refractivity contribution is 6.17. The number of benzene rings is 1. The van der Waals surface area contributed by atoms with Gasteiger partial charge < -0.3 is 19.5 Å². The van der Waals surface area contributed by atoms with Gasteiger partial charge in [0, 0.05) is 19.0 Å². The molecule has 0 heterocycles. The van der Waals surface area contributed by atoms with E-state index in [1.54, 1.807) is 14.2 Å². The first-order valence-electron chi connectivity index (χ1n) is 5.87. The van der Waals surface area contributed by atoms with Gasteiger partial charge in [0.15, 0.2) is 11.5 Å². The number of halogens is 1. The molecule has 0 unspecified atom stereocenters. The normalized spacial score (nSPS) is 10.4. The molecule has 4 nitrogen and oxygen atoms in total. The Balaban J connectivity index is 2.34. The first kappa shape index (κ1) is 15.1. The minimum atomic E-state index is 0.537. The van der Waals surface area contributed by atoms with Crippen LogP contribution < -0.4 is 14.8 Å². The van der Waals surface area contributed by atoms with Crippen molar-refractivity contribution in [2.24, 2.45) is 0 Å². The fourth-order valence-corrected chi connectivity index (χ4v) is 1.63. The van der Waals surface area contributed by atoms with E-state index in [4.69, 9.17) is 25.8 Å². The van der Waals surface area contributed by atoms with Crippen molar-refractivity contribution >= 4 is 11.6 Å². The third-order valence-electron chi connectivity index (χ3n) is 2.42. The maximum Gasteiger partial charge on any atom is 0.161 e. The summed E-state index contributed by atoms with van der Waals surface area (Å²) in [6.45, 7) is 2.83. The molecule has 0 fully saturated rings. The summed E-state index contributed by atoms with van der Waals surface area (Å²) in [7, 11) is 3.26. The van der Waals surface area contributed by atoms with Crippen LogP contribution in [0.1, 0.15) is 5.56 Å². The van der Waals surface area contributed by atoms with Gasteiger partial charge >= 0.3 is 0 Å². The minimum Gasteiger partial charge on any atom is -0.493 e. The van der Waals surface area contributed by atoms with E-state index in [0.717, 1.165) is 30.2 Å². The Bertz CT molecular complexity index is 347. The van der Waals surface area contributed by atoms with Crippen molar-refractivity contribution in [2.75, 3.05) is 39.9 Å². The molecule has 1 rings (SSSR count). The number of hydrogen-bond acceptors (Lipinski definition) is 4. The van der Waals surface area contributed by atoms with Crippen LogP contribution in [0, 0.1) is 0 Å². The van der Waals surface area contributed by atoms with Crippen LogP contribution in [0.4, 0.5) is 0 Å². The van der Waals surface area contributed by atoms with E-state index in [1.807, 2.05) is 18.2 Å². The van der Waals surface area contributed by atoms with Crippen LogP contribution in [-0.4, -0.2) is 39.9 Å². The lowest BCUT2D eigenvalue weighted by molar-refractivity contribution is 0.151. The molecule has 0 saturated heterocycles. The first-order valence-corrected chi connectivity index (χ1v) is 6.40. The van der Waals surface area contributed by atoms with E-state index in [1.165, 1.54) is 0 Å². The number of alkyl halides is 1. The summed E-state index contributed by atoms with van der Waals surface area (Å²) in [4.78, 5) is 0. The number of ether oxygens (including phenoxy) is 3. The van der Waals surface area contributed by atoms with E-state index in [9.17, 15) is 0 Å². The van der Waals surface area contributed by atoms with Gasteiger partial charge in [-0.25, -0.2) is 0 Å². The molecule has 0 aliphatic carbocycles. The van der Waals surface area contributed by atoms with Crippen molar-refractivity contribution in [1.29, 1.82) is 0 Å². The maximum absolute atomic E-state index is 5.50. The lowest BCUT2D eigenvalue weighted by Gasteiger charge is -2.10. The third kappa shape index (κ3) is 5.12. The second-order valence-corrected chi connectivity index (χ2v) is 4.05. The molecular weight excluding hydrogens is 254 g/mol. The average molecular weight is 274 g/mol. The van der Waals surface area contributed by atoms with Crippen molar-refractivity contribution in [3.8, 4) is 11.5 Å². The van der Waals surface area contributed by atoms with Gasteiger partial charge in [-0.1, -0.05) is 6.07 Å². The highest BCUT2D eigenvalue weighted by atomic mass is 35.5. The summed E-state index contributed by atoms with van der Waals surface area (Å²) in [5.41, 5.74) is 1.14. The quantitative estimate of drug-likeness (QED) is 0.552. The molecule has 0 aliphatic rings. The lowest BCUT2D eigenvalue weighted by atomic mass is 10.2. The summed E-state index contributed by atoms with van der Waals surface area (Å²) in [6, 6.07) is 5.87. The van der Waals surface area contributed by atoms with E-state index in [0.29, 0.717) is 19.1 Å². The van der Waals surface area contributed by atoms with Crippen LogP contribution in [0.15, 0.2) is 18.2 Å². The summed E-state index contributed by atoms with van der Waals surface area (Å²) >= 11 is 5.50. The topological polar surface area (TPSA) is 39.7 Å². The average Bonchev–Trinajstić information content (AvgIpc) is 2.42. The van der Waals surface area contributed by atoms with Gasteiger partial charge in [-0.15, -0.1) is 11.6 Å². The van der Waals surface area contributed by atoms with Gasteiger partial charge in [0.25, 0.3) is 0 Å². The maximum atomic E-state index is 5.50. The van der Waals surface area contributed by atoms with Gasteiger partial charge in [0.1, 0.15) is 0 Å². The summed E-state index contributed by atoms with van der Waals surface area (Å²) in [5, 5.41) is 3.28. The Morgan fingerprint density at radius 2 is 1.89 bits per heavy atom. The predicted octanol–water partition coefficient (Wildman–Crippen LogP) is 2.05. The molecule has 1 aromatic rings. The molecule has 0 aromatic heterocycles. The predicted molar refractivity (Wildman–Crippen MR) is 72.8 cm³/mol. The van der Waals surface area contributed by atoms with Crippen LogP contribution in [-0.2, 0) is 11.3 Å². The Morgan fingerprint density at radius 1 is 1.11 bits per heavy atom.